The Morgan fingerprint density at radius 2 is 1.68 bits per heavy atom. The van der Waals surface area contributed by atoms with Gasteiger partial charge < -0.3 is 14.6 Å². The number of ether oxygens (including phenoxy) is 2. The molecule has 0 saturated carbocycles. The molecule has 1 heterocycles. The molecule has 1 N–H and O–H groups in total. The van der Waals surface area contributed by atoms with Gasteiger partial charge in [-0.3, -0.25) is 0 Å². The molecule has 6 nitrogen and oxygen atoms in total. The molecular formula is C27H21ClF6N2O4. The Morgan fingerprint density at radius 3 is 2.15 bits per heavy atom. The summed E-state index contributed by atoms with van der Waals surface area (Å²) in [7, 11) is 0.904. The molecule has 1 aromatic heterocycles. The summed E-state index contributed by atoms with van der Waals surface area (Å²) in [5, 5.41) is 20.1. The van der Waals surface area contributed by atoms with Crippen LogP contribution in [0.15, 0.2) is 42.6 Å². The Labute approximate surface area is 229 Å². The van der Waals surface area contributed by atoms with E-state index in [0.717, 1.165) is 44.4 Å². The number of methoxy groups -OCH3 is 1. The zero-order valence-electron chi connectivity index (χ0n) is 21.3. The number of halogens is 7. The molecule has 13 heteroatoms. The first-order valence-corrected chi connectivity index (χ1v) is 11.8. The summed E-state index contributed by atoms with van der Waals surface area (Å²) in [5.41, 5.74) is -5.60. The van der Waals surface area contributed by atoms with E-state index in [4.69, 9.17) is 16.3 Å². The summed E-state index contributed by atoms with van der Waals surface area (Å²) < 4.78 is 93.3. The van der Waals surface area contributed by atoms with E-state index in [1.165, 1.54) is 13.8 Å². The Bertz CT molecular complexity index is 1480. The van der Waals surface area contributed by atoms with E-state index in [2.05, 4.69) is 9.72 Å². The van der Waals surface area contributed by atoms with Gasteiger partial charge >= 0.3 is 18.3 Å². The average Bonchev–Trinajstić information content (AvgIpc) is 2.86. The van der Waals surface area contributed by atoms with Gasteiger partial charge in [0.15, 0.2) is 5.60 Å². The molecule has 0 bridgehead atoms. The van der Waals surface area contributed by atoms with Crippen molar-refractivity contribution in [1.82, 2.24) is 4.98 Å². The molecule has 0 radical (unpaired) electrons. The minimum Gasteiger partial charge on any atom is -0.465 e. The van der Waals surface area contributed by atoms with E-state index in [9.17, 15) is 41.5 Å². The molecule has 2 unspecified atom stereocenters. The molecule has 0 amide bonds. The van der Waals surface area contributed by atoms with Crippen molar-refractivity contribution in [2.45, 2.75) is 44.6 Å². The highest BCUT2D eigenvalue weighted by Crippen LogP contribution is 2.50. The SMILES string of the molecule is COC(=O)c1cnc(Oc2ccc(C(C)C(O)(c3cc(C)c(C#N)c(C)c3)C(F)(F)F)c(Cl)c2)cc1C(F)(F)F. The van der Waals surface area contributed by atoms with Crippen molar-refractivity contribution in [3.63, 3.8) is 0 Å². The van der Waals surface area contributed by atoms with Crippen molar-refractivity contribution in [3.05, 3.63) is 86.6 Å². The summed E-state index contributed by atoms with van der Waals surface area (Å²) in [4.78, 5) is 15.4. The van der Waals surface area contributed by atoms with E-state index in [1.54, 1.807) is 0 Å². The Kier molecular flexibility index (Phi) is 8.43. The van der Waals surface area contributed by atoms with Crippen molar-refractivity contribution in [3.8, 4) is 17.7 Å². The lowest BCUT2D eigenvalue weighted by molar-refractivity contribution is -0.274. The van der Waals surface area contributed by atoms with Gasteiger partial charge in [-0.1, -0.05) is 36.7 Å². The van der Waals surface area contributed by atoms with E-state index >= 15 is 0 Å². The highest BCUT2D eigenvalue weighted by atomic mass is 35.5. The lowest BCUT2D eigenvalue weighted by atomic mass is 9.76. The molecule has 0 aliphatic heterocycles. The van der Waals surface area contributed by atoms with Crippen LogP contribution >= 0.6 is 11.6 Å². The zero-order chi connectivity index (χ0) is 30.2. The smallest absolute Gasteiger partial charge is 0.422 e. The van der Waals surface area contributed by atoms with Crippen LogP contribution < -0.4 is 4.74 Å². The Hall–Kier alpha value is -3.82. The number of aryl methyl sites for hydroxylation is 2. The van der Waals surface area contributed by atoms with Gasteiger partial charge in [-0.25, -0.2) is 9.78 Å². The molecule has 0 aliphatic rings. The van der Waals surface area contributed by atoms with Gasteiger partial charge in [0.25, 0.3) is 0 Å². The topological polar surface area (TPSA) is 92.4 Å². The number of carbonyl (C=O) groups is 1. The number of nitrogens with zero attached hydrogens (tertiary/aromatic N) is 2. The van der Waals surface area contributed by atoms with Crippen molar-refractivity contribution in [2.75, 3.05) is 7.11 Å². The number of alkyl halides is 6. The quantitative estimate of drug-likeness (QED) is 0.239. The normalized spacial score (nSPS) is 14.2. The van der Waals surface area contributed by atoms with Gasteiger partial charge in [-0.05, 0) is 48.2 Å². The Balaban J connectivity index is 2.02. The van der Waals surface area contributed by atoms with Crippen LogP contribution in [-0.4, -0.2) is 29.3 Å². The zero-order valence-corrected chi connectivity index (χ0v) is 22.1. The molecule has 40 heavy (non-hydrogen) atoms. The maximum atomic E-state index is 14.4. The summed E-state index contributed by atoms with van der Waals surface area (Å²) in [6.45, 7) is 4.01. The van der Waals surface area contributed by atoms with E-state index < -0.39 is 52.4 Å². The fourth-order valence-corrected chi connectivity index (χ4v) is 4.62. The number of rotatable bonds is 6. The fraction of sp³-hybridized carbons (Fsp3) is 0.296. The van der Waals surface area contributed by atoms with Crippen LogP contribution in [0.4, 0.5) is 26.3 Å². The van der Waals surface area contributed by atoms with Gasteiger partial charge in [-0.15, -0.1) is 0 Å². The second-order valence-electron chi connectivity index (χ2n) is 8.93. The number of benzene rings is 2. The van der Waals surface area contributed by atoms with Crippen LogP contribution in [0.2, 0.25) is 5.02 Å². The molecular weight excluding hydrogens is 566 g/mol. The predicted molar refractivity (Wildman–Crippen MR) is 131 cm³/mol. The van der Waals surface area contributed by atoms with Crippen LogP contribution in [-0.2, 0) is 16.5 Å². The number of esters is 1. The van der Waals surface area contributed by atoms with Crippen molar-refractivity contribution in [2.24, 2.45) is 0 Å². The number of hydrogen-bond donors (Lipinski definition) is 1. The highest BCUT2D eigenvalue weighted by Gasteiger charge is 2.59. The minimum absolute atomic E-state index is 0.140. The Morgan fingerprint density at radius 1 is 1.07 bits per heavy atom. The summed E-state index contributed by atoms with van der Waals surface area (Å²) in [6, 6.07) is 7.89. The molecule has 3 aromatic rings. The van der Waals surface area contributed by atoms with E-state index in [-0.39, 0.29) is 33.0 Å². The molecule has 0 saturated heterocycles. The van der Waals surface area contributed by atoms with Crippen molar-refractivity contribution >= 4 is 17.6 Å². The number of nitriles is 1. The van der Waals surface area contributed by atoms with Crippen LogP contribution in [0, 0.1) is 25.2 Å². The lowest BCUT2D eigenvalue weighted by Gasteiger charge is -2.37. The summed E-state index contributed by atoms with van der Waals surface area (Å²) in [6.07, 6.45) is -9.50. The number of aliphatic hydroxyl groups is 1. The molecule has 3 rings (SSSR count). The number of hydrogen-bond acceptors (Lipinski definition) is 6. The maximum Gasteiger partial charge on any atom is 0.422 e. The first kappa shape index (κ1) is 30.7. The third-order valence-corrected chi connectivity index (χ3v) is 6.72. The van der Waals surface area contributed by atoms with Gasteiger partial charge in [0.1, 0.15) is 5.75 Å². The van der Waals surface area contributed by atoms with Gasteiger partial charge in [0, 0.05) is 23.2 Å². The number of carbonyl (C=O) groups excluding carboxylic acids is 1. The molecule has 2 aromatic carbocycles. The third-order valence-electron chi connectivity index (χ3n) is 6.39. The van der Waals surface area contributed by atoms with Crippen LogP contribution in [0.5, 0.6) is 11.6 Å². The van der Waals surface area contributed by atoms with Gasteiger partial charge in [-0.2, -0.15) is 31.6 Å². The monoisotopic (exact) mass is 586 g/mol. The van der Waals surface area contributed by atoms with Crippen LogP contribution in [0.25, 0.3) is 0 Å². The first-order chi connectivity index (χ1) is 18.4. The van der Waals surface area contributed by atoms with Crippen LogP contribution in [0.1, 0.15) is 56.6 Å². The molecule has 0 spiro atoms. The van der Waals surface area contributed by atoms with Crippen LogP contribution in [0.3, 0.4) is 0 Å². The predicted octanol–water partition coefficient (Wildman–Crippen LogP) is 7.37. The van der Waals surface area contributed by atoms with E-state index in [0.29, 0.717) is 12.3 Å². The average molecular weight is 587 g/mol. The summed E-state index contributed by atoms with van der Waals surface area (Å²) in [5.74, 6) is -3.69. The van der Waals surface area contributed by atoms with Crippen molar-refractivity contribution in [1.29, 1.82) is 5.26 Å². The molecule has 0 fully saturated rings. The largest absolute Gasteiger partial charge is 0.465 e. The van der Waals surface area contributed by atoms with Crippen molar-refractivity contribution < 1.29 is 45.7 Å². The standard InChI is InChI=1S/C27H21ClF6N2O4/c1-13-7-16(8-14(2)19(13)11-35)25(38,27(32,33)34)15(3)18-6-5-17(9-22(18)28)40-23-10-21(26(29,30)31)20(12-36-23)24(37)39-4/h5-10,12,15,38H,1-4H3. The third kappa shape index (κ3) is 5.71. The first-order valence-electron chi connectivity index (χ1n) is 11.4. The second kappa shape index (κ2) is 11.0. The molecule has 0 aliphatic carbocycles. The van der Waals surface area contributed by atoms with Gasteiger partial charge in [0.2, 0.25) is 5.88 Å². The summed E-state index contributed by atoms with van der Waals surface area (Å²) >= 11 is 6.27. The number of pyridine rings is 1. The second-order valence-corrected chi connectivity index (χ2v) is 9.33. The highest BCUT2D eigenvalue weighted by molar-refractivity contribution is 6.31. The van der Waals surface area contributed by atoms with E-state index in [1.807, 2.05) is 6.07 Å². The fourth-order valence-electron chi connectivity index (χ4n) is 4.29. The molecule has 2 atom stereocenters. The molecule has 212 valence electrons. The maximum absolute atomic E-state index is 14.4. The minimum atomic E-state index is -5.17. The van der Waals surface area contributed by atoms with Gasteiger partial charge in [0.05, 0.1) is 29.9 Å². The number of aromatic nitrogens is 1. The lowest BCUT2D eigenvalue weighted by Crippen LogP contribution is -2.46.